The van der Waals surface area contributed by atoms with E-state index in [1.54, 1.807) is 26.9 Å². The van der Waals surface area contributed by atoms with E-state index >= 15 is 0 Å². The Labute approximate surface area is 245 Å². The number of aliphatic hydroxyl groups excluding tert-OH is 1. The van der Waals surface area contributed by atoms with E-state index in [4.69, 9.17) is 4.74 Å². The molecule has 3 amide bonds. The van der Waals surface area contributed by atoms with Gasteiger partial charge in [0.25, 0.3) is 0 Å². The zero-order chi connectivity index (χ0) is 30.1. The molecule has 8 heteroatoms. The molecule has 1 aromatic carbocycles. The van der Waals surface area contributed by atoms with Gasteiger partial charge in [-0.3, -0.25) is 14.4 Å². The van der Waals surface area contributed by atoms with Gasteiger partial charge < -0.3 is 24.5 Å². The molecule has 3 saturated heterocycles. The van der Waals surface area contributed by atoms with Crippen molar-refractivity contribution in [2.24, 2.45) is 17.8 Å². The molecule has 0 aliphatic carbocycles. The number of nitrogens with zero attached hydrogens (tertiary/aromatic N) is 3. The molecule has 8 nitrogen and oxygen atoms in total. The van der Waals surface area contributed by atoms with Crippen LogP contribution in [0, 0.1) is 17.8 Å². The number of rotatable bonds is 13. The monoisotopic (exact) mass is 565 g/mol. The minimum absolute atomic E-state index is 0.0568. The molecular weight excluding hydrogens is 518 g/mol. The standard InChI is InChI=1S/C33H47N3O5/c1-8-18-34(20-24-14-12-11-13-15-24)29(38)26-27-30(39)36(25(21-37)23(6)10-3)28(31(40)35(19-9-2)22(4)5)33(27)17-16-32(26,7)41-33/h8-9,11-15,22-23,25-28,37H,1-2,10,16-21H2,3-7H3/t23-,25-,26+,27-,28?,32-,33?/m0/s1. The molecule has 4 rings (SSSR count). The number of fused-ring (bicyclic) bond motifs is 1. The first kappa shape index (κ1) is 31.0. The van der Waals surface area contributed by atoms with Gasteiger partial charge in [0.2, 0.25) is 17.7 Å². The normalized spacial score (nSPS) is 29.8. The quantitative estimate of drug-likeness (QED) is 0.368. The Morgan fingerprint density at radius 1 is 1.12 bits per heavy atom. The van der Waals surface area contributed by atoms with Crippen molar-refractivity contribution in [3.63, 3.8) is 0 Å². The molecule has 3 aliphatic heterocycles. The second-order valence-electron chi connectivity index (χ2n) is 12.5. The Bertz CT molecular complexity index is 1150. The molecule has 2 bridgehead atoms. The smallest absolute Gasteiger partial charge is 0.248 e. The fourth-order valence-corrected chi connectivity index (χ4v) is 7.43. The highest BCUT2D eigenvalue weighted by Gasteiger charge is 2.79. The van der Waals surface area contributed by atoms with Crippen LogP contribution in [-0.2, 0) is 25.7 Å². The zero-order valence-electron chi connectivity index (χ0n) is 25.3. The van der Waals surface area contributed by atoms with Crippen molar-refractivity contribution in [1.29, 1.82) is 0 Å². The number of ether oxygens (including phenoxy) is 1. The number of carbonyl (C=O) groups is 3. The number of likely N-dealkylation sites (tertiary alicyclic amines) is 1. The molecule has 1 aromatic rings. The van der Waals surface area contributed by atoms with Crippen molar-refractivity contribution in [3.05, 3.63) is 61.2 Å². The highest BCUT2D eigenvalue weighted by molar-refractivity contribution is 5.99. The van der Waals surface area contributed by atoms with E-state index in [9.17, 15) is 19.5 Å². The van der Waals surface area contributed by atoms with Crippen LogP contribution in [0.4, 0.5) is 0 Å². The van der Waals surface area contributed by atoms with Crippen LogP contribution in [0.2, 0.25) is 0 Å². The molecule has 0 aromatic heterocycles. The van der Waals surface area contributed by atoms with E-state index < -0.39 is 35.1 Å². The number of hydrogen-bond acceptors (Lipinski definition) is 5. The molecule has 3 aliphatic rings. The van der Waals surface area contributed by atoms with E-state index in [1.165, 1.54) is 0 Å². The maximum Gasteiger partial charge on any atom is 0.248 e. The summed E-state index contributed by atoms with van der Waals surface area (Å²) in [6, 6.07) is 8.11. The first-order valence-electron chi connectivity index (χ1n) is 15.0. The topological polar surface area (TPSA) is 90.4 Å². The Morgan fingerprint density at radius 3 is 2.34 bits per heavy atom. The lowest BCUT2D eigenvalue weighted by Gasteiger charge is -2.42. The second-order valence-corrected chi connectivity index (χ2v) is 12.5. The van der Waals surface area contributed by atoms with Gasteiger partial charge in [0.15, 0.2) is 0 Å². The lowest BCUT2D eigenvalue weighted by molar-refractivity contribution is -0.158. The first-order chi connectivity index (χ1) is 19.5. The van der Waals surface area contributed by atoms with Crippen molar-refractivity contribution >= 4 is 17.7 Å². The van der Waals surface area contributed by atoms with Crippen LogP contribution in [0.5, 0.6) is 0 Å². The van der Waals surface area contributed by atoms with Gasteiger partial charge >= 0.3 is 0 Å². The maximum atomic E-state index is 14.6. The molecule has 0 radical (unpaired) electrons. The van der Waals surface area contributed by atoms with Gasteiger partial charge in [-0.2, -0.15) is 0 Å². The van der Waals surface area contributed by atoms with Crippen LogP contribution in [0.15, 0.2) is 55.6 Å². The lowest BCUT2D eigenvalue weighted by Crippen LogP contribution is -2.60. The third-order valence-electron chi connectivity index (χ3n) is 9.67. The van der Waals surface area contributed by atoms with Gasteiger partial charge in [-0.1, -0.05) is 62.8 Å². The summed E-state index contributed by atoms with van der Waals surface area (Å²) in [5.41, 5.74) is -1.05. The van der Waals surface area contributed by atoms with E-state index in [1.807, 2.05) is 65.0 Å². The summed E-state index contributed by atoms with van der Waals surface area (Å²) in [4.78, 5) is 48.6. The van der Waals surface area contributed by atoms with Crippen LogP contribution in [0.25, 0.3) is 0 Å². The Balaban J connectivity index is 1.82. The van der Waals surface area contributed by atoms with Crippen molar-refractivity contribution in [2.75, 3.05) is 19.7 Å². The van der Waals surface area contributed by atoms with Crippen LogP contribution < -0.4 is 0 Å². The largest absolute Gasteiger partial charge is 0.394 e. The predicted molar refractivity (Wildman–Crippen MR) is 158 cm³/mol. The average molecular weight is 566 g/mol. The molecule has 0 saturated carbocycles. The van der Waals surface area contributed by atoms with Gasteiger partial charge in [-0.15, -0.1) is 13.2 Å². The minimum atomic E-state index is -1.15. The van der Waals surface area contributed by atoms with Crippen LogP contribution in [0.3, 0.4) is 0 Å². The third kappa shape index (κ3) is 5.14. The van der Waals surface area contributed by atoms with Crippen LogP contribution in [0.1, 0.15) is 59.4 Å². The summed E-state index contributed by atoms with van der Waals surface area (Å²) in [5.74, 6) is -2.29. The maximum absolute atomic E-state index is 14.6. The van der Waals surface area contributed by atoms with Crippen molar-refractivity contribution in [3.8, 4) is 0 Å². The highest BCUT2D eigenvalue weighted by Crippen LogP contribution is 2.64. The predicted octanol–water partition coefficient (Wildman–Crippen LogP) is 3.80. The summed E-state index contributed by atoms with van der Waals surface area (Å²) < 4.78 is 6.84. The molecule has 224 valence electrons. The lowest BCUT2D eigenvalue weighted by atomic mass is 9.66. The fraction of sp³-hybridized carbons (Fsp3) is 0.606. The fourth-order valence-electron chi connectivity index (χ4n) is 7.43. The van der Waals surface area contributed by atoms with Crippen LogP contribution in [-0.4, -0.2) is 86.6 Å². The summed E-state index contributed by atoms with van der Waals surface area (Å²) in [7, 11) is 0. The molecule has 3 fully saturated rings. The molecule has 3 heterocycles. The first-order valence-corrected chi connectivity index (χ1v) is 15.0. The summed E-state index contributed by atoms with van der Waals surface area (Å²) in [6.45, 7) is 18.3. The Hall–Kier alpha value is -2.97. The summed E-state index contributed by atoms with van der Waals surface area (Å²) in [5, 5.41) is 10.6. The SMILES string of the molecule is C=CCN(Cc1ccccc1)C(=O)[C@H]1[C@H]2C(=O)N([C@@H](CO)[C@@H](C)CC)C(C(=O)N(CC=C)C(C)C)C23CC[C@]1(C)O3. The van der Waals surface area contributed by atoms with Crippen molar-refractivity contribution < 1.29 is 24.2 Å². The van der Waals surface area contributed by atoms with Gasteiger partial charge in [-0.05, 0) is 45.1 Å². The van der Waals surface area contributed by atoms with Gasteiger partial charge in [0.05, 0.1) is 30.1 Å². The van der Waals surface area contributed by atoms with E-state index in [2.05, 4.69) is 13.2 Å². The van der Waals surface area contributed by atoms with Crippen molar-refractivity contribution in [1.82, 2.24) is 14.7 Å². The Morgan fingerprint density at radius 2 is 1.78 bits per heavy atom. The number of aliphatic hydroxyl groups is 1. The number of carbonyl (C=O) groups excluding carboxylic acids is 3. The molecule has 1 N–H and O–H groups in total. The third-order valence-corrected chi connectivity index (χ3v) is 9.67. The van der Waals surface area contributed by atoms with Gasteiger partial charge in [0, 0.05) is 25.7 Å². The Kier molecular flexibility index (Phi) is 9.14. The van der Waals surface area contributed by atoms with Gasteiger partial charge in [0.1, 0.15) is 11.6 Å². The van der Waals surface area contributed by atoms with Gasteiger partial charge in [-0.25, -0.2) is 0 Å². The highest BCUT2D eigenvalue weighted by atomic mass is 16.5. The summed E-state index contributed by atoms with van der Waals surface area (Å²) >= 11 is 0. The van der Waals surface area contributed by atoms with Crippen molar-refractivity contribution in [2.45, 2.75) is 89.8 Å². The molecule has 1 spiro atoms. The van der Waals surface area contributed by atoms with E-state index in [0.29, 0.717) is 32.5 Å². The number of benzene rings is 1. The van der Waals surface area contributed by atoms with E-state index in [-0.39, 0.29) is 36.3 Å². The summed E-state index contributed by atoms with van der Waals surface area (Å²) in [6.07, 6.45) is 5.16. The minimum Gasteiger partial charge on any atom is -0.394 e. The zero-order valence-corrected chi connectivity index (χ0v) is 25.3. The van der Waals surface area contributed by atoms with Crippen LogP contribution >= 0.6 is 0 Å². The van der Waals surface area contributed by atoms with E-state index in [0.717, 1.165) is 12.0 Å². The number of amides is 3. The molecule has 7 atom stereocenters. The second kappa shape index (κ2) is 12.1. The number of hydrogen-bond donors (Lipinski definition) is 1. The average Bonchev–Trinajstić information content (AvgIpc) is 3.52. The molecule has 2 unspecified atom stereocenters. The molecular formula is C33H47N3O5. The molecule has 41 heavy (non-hydrogen) atoms.